The van der Waals surface area contributed by atoms with Crippen LogP contribution in [0.4, 0.5) is 4.39 Å². The first-order valence-corrected chi connectivity index (χ1v) is 10.8. The van der Waals surface area contributed by atoms with E-state index in [0.29, 0.717) is 5.56 Å². The first-order chi connectivity index (χ1) is 12.7. The van der Waals surface area contributed by atoms with E-state index in [1.807, 2.05) is 0 Å². The zero-order valence-electron chi connectivity index (χ0n) is 15.0. The second kappa shape index (κ2) is 9.05. The number of rotatable bonds is 7. The smallest absolute Gasteiger partial charge is 0.338 e. The van der Waals surface area contributed by atoms with Crippen molar-refractivity contribution in [2.75, 3.05) is 13.7 Å². The third-order valence-electron chi connectivity index (χ3n) is 3.85. The summed E-state index contributed by atoms with van der Waals surface area (Å²) in [5.41, 5.74) is 1.02. The van der Waals surface area contributed by atoms with Gasteiger partial charge >= 0.3 is 5.97 Å². The van der Waals surface area contributed by atoms with E-state index in [1.54, 1.807) is 26.0 Å². The monoisotopic (exact) mass is 431 g/mol. The number of hydrogen-bond acceptors (Lipinski definition) is 5. The van der Waals surface area contributed by atoms with Crippen molar-refractivity contribution in [2.24, 2.45) is 0 Å². The van der Waals surface area contributed by atoms with Gasteiger partial charge in [-0.15, -0.1) is 3.71 Å². The standard InChI is InChI=1S/C18H19ClFNO4S2/c1-4-21(26-11-15-16(19)6-5-7-17(15)20)27(23,24)13-9-8-12(2)14(10-13)18(22)25-3/h5-10H,4,11H2,1-3H3. The fourth-order valence-corrected chi connectivity index (χ4v) is 5.46. The number of nitrogens with zero attached hydrogens (tertiary/aromatic N) is 1. The number of aryl methyl sites for hydroxylation is 1. The third kappa shape index (κ3) is 4.82. The molecule has 2 rings (SSSR count). The topological polar surface area (TPSA) is 63.7 Å². The van der Waals surface area contributed by atoms with Crippen LogP contribution >= 0.6 is 23.5 Å². The maximum atomic E-state index is 13.9. The Labute approximate surface area is 167 Å². The van der Waals surface area contributed by atoms with Crippen LogP contribution in [0.5, 0.6) is 0 Å². The Balaban J connectivity index is 2.32. The highest BCUT2D eigenvalue weighted by Crippen LogP contribution is 2.30. The second-order valence-electron chi connectivity index (χ2n) is 5.57. The molecule has 9 heteroatoms. The van der Waals surface area contributed by atoms with Gasteiger partial charge in [0.2, 0.25) is 0 Å². The van der Waals surface area contributed by atoms with Gasteiger partial charge in [0.25, 0.3) is 10.0 Å². The summed E-state index contributed by atoms with van der Waals surface area (Å²) in [4.78, 5) is 11.8. The summed E-state index contributed by atoms with van der Waals surface area (Å²) >= 11 is 6.94. The molecule has 0 aliphatic rings. The fraction of sp³-hybridized carbons (Fsp3) is 0.278. The van der Waals surface area contributed by atoms with E-state index in [0.717, 1.165) is 15.7 Å². The molecular formula is C18H19ClFNO4S2. The van der Waals surface area contributed by atoms with Crippen molar-refractivity contribution in [3.8, 4) is 0 Å². The van der Waals surface area contributed by atoms with Crippen molar-refractivity contribution in [2.45, 2.75) is 24.5 Å². The molecule has 146 valence electrons. The third-order valence-corrected chi connectivity index (χ3v) is 7.72. The molecule has 0 unspecified atom stereocenters. The first-order valence-electron chi connectivity index (χ1n) is 7.99. The number of esters is 1. The van der Waals surface area contributed by atoms with E-state index in [1.165, 1.54) is 31.4 Å². The van der Waals surface area contributed by atoms with Gasteiger partial charge in [-0.2, -0.15) is 0 Å². The van der Waals surface area contributed by atoms with E-state index in [-0.39, 0.29) is 33.3 Å². The summed E-state index contributed by atoms with van der Waals surface area (Å²) in [5.74, 6) is -1.06. The molecule has 0 N–H and O–H groups in total. The lowest BCUT2D eigenvalue weighted by molar-refractivity contribution is 0.0599. The van der Waals surface area contributed by atoms with E-state index in [2.05, 4.69) is 0 Å². The van der Waals surface area contributed by atoms with Crippen LogP contribution in [0.1, 0.15) is 28.4 Å². The molecule has 0 bridgehead atoms. The Morgan fingerprint density at radius 2 is 2.00 bits per heavy atom. The van der Waals surface area contributed by atoms with Crippen molar-refractivity contribution in [3.63, 3.8) is 0 Å². The summed E-state index contributed by atoms with van der Waals surface area (Å²) < 4.78 is 45.7. The van der Waals surface area contributed by atoms with E-state index in [9.17, 15) is 17.6 Å². The summed E-state index contributed by atoms with van der Waals surface area (Å²) in [6, 6.07) is 8.57. The van der Waals surface area contributed by atoms with Gasteiger partial charge in [-0.05, 0) is 36.8 Å². The predicted molar refractivity (Wildman–Crippen MR) is 105 cm³/mol. The number of carbonyl (C=O) groups excluding carboxylic acids is 1. The summed E-state index contributed by atoms with van der Waals surface area (Å²) in [5, 5.41) is 0.235. The maximum Gasteiger partial charge on any atom is 0.338 e. The summed E-state index contributed by atoms with van der Waals surface area (Å²) in [6.07, 6.45) is 0. The predicted octanol–water partition coefficient (Wildman–Crippen LogP) is 4.43. The molecule has 2 aromatic carbocycles. The molecule has 0 amide bonds. The van der Waals surface area contributed by atoms with E-state index in [4.69, 9.17) is 16.3 Å². The van der Waals surface area contributed by atoms with Crippen LogP contribution in [0.25, 0.3) is 0 Å². The normalized spacial score (nSPS) is 11.6. The number of ether oxygens (including phenoxy) is 1. The van der Waals surface area contributed by atoms with Crippen LogP contribution in [0.2, 0.25) is 5.02 Å². The number of sulfonamides is 1. The summed E-state index contributed by atoms with van der Waals surface area (Å²) in [6.45, 7) is 3.51. The molecule has 2 aromatic rings. The highest BCUT2D eigenvalue weighted by molar-refractivity contribution is 8.08. The van der Waals surface area contributed by atoms with Crippen molar-refractivity contribution in [1.29, 1.82) is 0 Å². The Morgan fingerprint density at radius 1 is 1.30 bits per heavy atom. The molecule has 0 saturated heterocycles. The van der Waals surface area contributed by atoms with Gasteiger partial charge in [-0.3, -0.25) is 0 Å². The van der Waals surface area contributed by atoms with E-state index < -0.39 is 21.8 Å². The number of halogens is 2. The Kier molecular flexibility index (Phi) is 7.27. The molecule has 0 saturated carbocycles. The van der Waals surface area contributed by atoms with Gasteiger partial charge in [-0.25, -0.2) is 17.6 Å². The lowest BCUT2D eigenvalue weighted by Crippen LogP contribution is -2.25. The summed E-state index contributed by atoms with van der Waals surface area (Å²) in [7, 11) is -2.67. The van der Waals surface area contributed by atoms with Crippen molar-refractivity contribution in [1.82, 2.24) is 3.71 Å². The molecule has 5 nitrogen and oxygen atoms in total. The van der Waals surface area contributed by atoms with Gasteiger partial charge in [0.1, 0.15) is 5.82 Å². The Bertz CT molecular complexity index is 930. The minimum Gasteiger partial charge on any atom is -0.465 e. The van der Waals surface area contributed by atoms with Crippen LogP contribution in [0.15, 0.2) is 41.3 Å². The molecule has 0 aliphatic carbocycles. The number of methoxy groups -OCH3 is 1. The van der Waals surface area contributed by atoms with Crippen LogP contribution in [0.3, 0.4) is 0 Å². The fourth-order valence-electron chi connectivity index (χ4n) is 2.35. The largest absolute Gasteiger partial charge is 0.465 e. The molecule has 0 spiro atoms. The lowest BCUT2D eigenvalue weighted by atomic mass is 10.1. The quantitative estimate of drug-likeness (QED) is 0.479. The SMILES string of the molecule is CCN(SCc1c(F)cccc1Cl)S(=O)(=O)c1ccc(C)c(C(=O)OC)c1. The molecule has 0 fully saturated rings. The molecule has 0 aromatic heterocycles. The van der Waals surface area contributed by atoms with Crippen LogP contribution in [0, 0.1) is 12.7 Å². The highest BCUT2D eigenvalue weighted by atomic mass is 35.5. The van der Waals surface area contributed by atoms with Gasteiger partial charge in [0.15, 0.2) is 0 Å². The molecule has 0 radical (unpaired) electrons. The lowest BCUT2D eigenvalue weighted by Gasteiger charge is -2.20. The molecule has 0 aliphatic heterocycles. The van der Waals surface area contributed by atoms with Crippen LogP contribution in [-0.4, -0.2) is 31.8 Å². The van der Waals surface area contributed by atoms with Crippen molar-refractivity contribution in [3.05, 3.63) is 63.9 Å². The number of hydrogen-bond donors (Lipinski definition) is 0. The molecule has 0 atom stereocenters. The van der Waals surface area contributed by atoms with Gasteiger partial charge in [0.05, 0.1) is 17.6 Å². The minimum absolute atomic E-state index is 0.0394. The maximum absolute atomic E-state index is 13.9. The Hall–Kier alpha value is -1.61. The van der Waals surface area contributed by atoms with Gasteiger partial charge in [-0.1, -0.05) is 42.6 Å². The molecular weight excluding hydrogens is 413 g/mol. The molecule has 27 heavy (non-hydrogen) atoms. The van der Waals surface area contributed by atoms with Gasteiger partial charge in [0, 0.05) is 22.9 Å². The first kappa shape index (κ1) is 21.7. The van der Waals surface area contributed by atoms with Crippen LogP contribution < -0.4 is 0 Å². The van der Waals surface area contributed by atoms with Gasteiger partial charge < -0.3 is 4.74 Å². The average Bonchev–Trinajstić information content (AvgIpc) is 2.63. The number of benzene rings is 2. The highest BCUT2D eigenvalue weighted by Gasteiger charge is 2.26. The second-order valence-corrected chi connectivity index (χ2v) is 9.05. The number of carbonyl (C=O) groups is 1. The molecule has 0 heterocycles. The average molecular weight is 432 g/mol. The van der Waals surface area contributed by atoms with E-state index >= 15 is 0 Å². The van der Waals surface area contributed by atoms with Crippen molar-refractivity contribution >= 4 is 39.5 Å². The van der Waals surface area contributed by atoms with Crippen LogP contribution in [-0.2, 0) is 20.5 Å². The zero-order chi connectivity index (χ0) is 20.2. The zero-order valence-corrected chi connectivity index (χ0v) is 17.4. The Morgan fingerprint density at radius 3 is 2.59 bits per heavy atom. The minimum atomic E-state index is -3.90. The van der Waals surface area contributed by atoms with Crippen molar-refractivity contribution < 1.29 is 22.3 Å².